The highest BCUT2D eigenvalue weighted by Crippen LogP contribution is 2.19. The van der Waals surface area contributed by atoms with Crippen LogP contribution in [0.15, 0.2) is 18.2 Å². The zero-order valence-corrected chi connectivity index (χ0v) is 10.4. The minimum absolute atomic E-state index is 0.133. The van der Waals surface area contributed by atoms with Gasteiger partial charge in [-0.1, -0.05) is 25.1 Å². The third kappa shape index (κ3) is 3.26. The van der Waals surface area contributed by atoms with Crippen LogP contribution in [0.5, 0.6) is 0 Å². The molecule has 0 radical (unpaired) electrons. The Kier molecular flexibility index (Phi) is 4.35. The first-order valence-corrected chi connectivity index (χ1v) is 5.68. The number of para-hydroxylation sites is 1. The van der Waals surface area contributed by atoms with Gasteiger partial charge in [-0.15, -0.1) is 0 Å². The van der Waals surface area contributed by atoms with E-state index < -0.39 is 0 Å². The van der Waals surface area contributed by atoms with Crippen LogP contribution in [0.2, 0.25) is 0 Å². The maximum Gasteiger partial charge on any atom is 0.319 e. The molecule has 1 atom stereocenters. The van der Waals surface area contributed by atoms with Crippen molar-refractivity contribution in [1.82, 2.24) is 5.32 Å². The van der Waals surface area contributed by atoms with Crippen LogP contribution >= 0.6 is 0 Å². The predicted molar refractivity (Wildman–Crippen MR) is 67.8 cm³/mol. The number of amides is 2. The highest BCUT2D eigenvalue weighted by molar-refractivity contribution is 5.91. The summed E-state index contributed by atoms with van der Waals surface area (Å²) in [6.45, 7) is 8.02. The Balaban J connectivity index is 2.70. The molecular weight excluding hydrogens is 200 g/mol. The summed E-state index contributed by atoms with van der Waals surface area (Å²) in [6.07, 6.45) is 0.931. The highest BCUT2D eigenvalue weighted by Gasteiger charge is 2.08. The summed E-state index contributed by atoms with van der Waals surface area (Å²) in [5.74, 6) is 0. The molecule has 0 aliphatic rings. The molecule has 16 heavy (non-hydrogen) atoms. The number of carbonyl (C=O) groups is 1. The van der Waals surface area contributed by atoms with E-state index in [0.717, 1.165) is 23.2 Å². The lowest BCUT2D eigenvalue weighted by molar-refractivity contribution is 0.249. The van der Waals surface area contributed by atoms with Crippen LogP contribution in [0.3, 0.4) is 0 Å². The molecule has 88 valence electrons. The predicted octanol–water partition coefficient (Wildman–Crippen LogP) is 3.22. The number of anilines is 1. The number of rotatable bonds is 3. The zero-order valence-electron chi connectivity index (χ0n) is 10.4. The Morgan fingerprint density at radius 1 is 1.31 bits per heavy atom. The van der Waals surface area contributed by atoms with Gasteiger partial charge in [0.25, 0.3) is 0 Å². The summed E-state index contributed by atoms with van der Waals surface area (Å²) in [5, 5.41) is 5.78. The maximum absolute atomic E-state index is 11.7. The molecule has 0 saturated heterocycles. The van der Waals surface area contributed by atoms with E-state index >= 15 is 0 Å². The topological polar surface area (TPSA) is 41.1 Å². The molecule has 1 rings (SSSR count). The van der Waals surface area contributed by atoms with Gasteiger partial charge in [-0.25, -0.2) is 4.79 Å². The van der Waals surface area contributed by atoms with Crippen LogP contribution in [0.4, 0.5) is 10.5 Å². The Bertz CT molecular complexity index is 354. The molecule has 3 nitrogen and oxygen atoms in total. The van der Waals surface area contributed by atoms with Crippen LogP contribution in [0.1, 0.15) is 31.4 Å². The van der Waals surface area contributed by atoms with E-state index in [1.165, 1.54) is 0 Å². The molecule has 0 bridgehead atoms. The Hall–Kier alpha value is -1.51. The second kappa shape index (κ2) is 5.54. The van der Waals surface area contributed by atoms with E-state index in [-0.39, 0.29) is 12.1 Å². The molecule has 0 saturated carbocycles. The third-order valence-electron chi connectivity index (χ3n) is 2.71. The number of urea groups is 1. The molecule has 0 aromatic heterocycles. The average molecular weight is 220 g/mol. The molecule has 0 fully saturated rings. The van der Waals surface area contributed by atoms with Crippen LogP contribution in [0, 0.1) is 13.8 Å². The van der Waals surface area contributed by atoms with Crippen LogP contribution in [-0.4, -0.2) is 12.1 Å². The molecule has 1 unspecified atom stereocenters. The van der Waals surface area contributed by atoms with E-state index in [1.807, 2.05) is 45.9 Å². The molecule has 1 aromatic rings. The van der Waals surface area contributed by atoms with Crippen LogP contribution < -0.4 is 10.6 Å². The Morgan fingerprint density at radius 2 is 1.88 bits per heavy atom. The van der Waals surface area contributed by atoms with Crippen molar-refractivity contribution in [3.8, 4) is 0 Å². The van der Waals surface area contributed by atoms with E-state index in [0.29, 0.717) is 0 Å². The van der Waals surface area contributed by atoms with Gasteiger partial charge in [0, 0.05) is 11.7 Å². The van der Waals surface area contributed by atoms with Crippen molar-refractivity contribution in [1.29, 1.82) is 0 Å². The van der Waals surface area contributed by atoms with Gasteiger partial charge in [0.15, 0.2) is 0 Å². The van der Waals surface area contributed by atoms with Gasteiger partial charge in [0.1, 0.15) is 0 Å². The molecule has 0 aliphatic heterocycles. The molecule has 2 amide bonds. The number of hydrogen-bond acceptors (Lipinski definition) is 1. The molecule has 0 heterocycles. The summed E-state index contributed by atoms with van der Waals surface area (Å²) in [6, 6.07) is 6.04. The number of carbonyl (C=O) groups excluding carboxylic acids is 1. The van der Waals surface area contributed by atoms with E-state index in [4.69, 9.17) is 0 Å². The molecule has 1 aromatic carbocycles. The zero-order chi connectivity index (χ0) is 12.1. The van der Waals surface area contributed by atoms with Crippen LogP contribution in [-0.2, 0) is 0 Å². The number of benzene rings is 1. The Labute approximate surface area is 97.2 Å². The van der Waals surface area contributed by atoms with Gasteiger partial charge in [0.2, 0.25) is 0 Å². The van der Waals surface area contributed by atoms with Crippen molar-refractivity contribution < 1.29 is 4.79 Å². The summed E-state index contributed by atoms with van der Waals surface area (Å²) in [7, 11) is 0. The standard InChI is InChI=1S/C13H20N2O/c1-5-11(4)14-13(16)15-12-9(2)7-6-8-10(12)3/h6-8,11H,5H2,1-4H3,(H2,14,15,16). The molecule has 2 N–H and O–H groups in total. The SMILES string of the molecule is CCC(C)NC(=O)Nc1c(C)cccc1C. The van der Waals surface area contributed by atoms with Crippen molar-refractivity contribution in [3.63, 3.8) is 0 Å². The number of nitrogens with one attached hydrogen (secondary N) is 2. The molecule has 3 heteroatoms. The summed E-state index contributed by atoms with van der Waals surface area (Å²) >= 11 is 0. The maximum atomic E-state index is 11.7. The second-order valence-electron chi connectivity index (χ2n) is 4.17. The van der Waals surface area contributed by atoms with Gasteiger partial charge < -0.3 is 10.6 Å². The van der Waals surface area contributed by atoms with Crippen molar-refractivity contribution in [2.24, 2.45) is 0 Å². The normalized spacial score (nSPS) is 12.0. The monoisotopic (exact) mass is 220 g/mol. The smallest absolute Gasteiger partial charge is 0.319 e. The second-order valence-corrected chi connectivity index (χ2v) is 4.17. The third-order valence-corrected chi connectivity index (χ3v) is 2.71. The molecule has 0 aliphatic carbocycles. The highest BCUT2D eigenvalue weighted by atomic mass is 16.2. The van der Waals surface area contributed by atoms with E-state index in [2.05, 4.69) is 10.6 Å². The van der Waals surface area contributed by atoms with Gasteiger partial charge in [-0.2, -0.15) is 0 Å². The Morgan fingerprint density at radius 3 is 2.38 bits per heavy atom. The molecular formula is C13H20N2O. The van der Waals surface area contributed by atoms with Crippen molar-refractivity contribution in [3.05, 3.63) is 29.3 Å². The fourth-order valence-corrected chi connectivity index (χ4v) is 1.49. The quantitative estimate of drug-likeness (QED) is 0.806. The van der Waals surface area contributed by atoms with E-state index in [1.54, 1.807) is 0 Å². The minimum Gasteiger partial charge on any atom is -0.335 e. The van der Waals surface area contributed by atoms with Crippen molar-refractivity contribution in [2.45, 2.75) is 40.2 Å². The first-order chi connectivity index (χ1) is 7.54. The first kappa shape index (κ1) is 12.6. The minimum atomic E-state index is -0.133. The summed E-state index contributed by atoms with van der Waals surface area (Å²) < 4.78 is 0. The van der Waals surface area contributed by atoms with Gasteiger partial charge in [-0.05, 0) is 38.3 Å². The molecule has 0 spiro atoms. The van der Waals surface area contributed by atoms with Crippen molar-refractivity contribution in [2.75, 3.05) is 5.32 Å². The summed E-state index contributed by atoms with van der Waals surface area (Å²) in [4.78, 5) is 11.7. The van der Waals surface area contributed by atoms with Gasteiger partial charge >= 0.3 is 6.03 Å². The van der Waals surface area contributed by atoms with Crippen molar-refractivity contribution >= 4 is 11.7 Å². The lowest BCUT2D eigenvalue weighted by Gasteiger charge is -2.15. The summed E-state index contributed by atoms with van der Waals surface area (Å²) in [5.41, 5.74) is 3.07. The number of hydrogen-bond donors (Lipinski definition) is 2. The fourth-order valence-electron chi connectivity index (χ4n) is 1.49. The fraction of sp³-hybridized carbons (Fsp3) is 0.462. The van der Waals surface area contributed by atoms with Crippen LogP contribution in [0.25, 0.3) is 0 Å². The lowest BCUT2D eigenvalue weighted by Crippen LogP contribution is -2.35. The lowest BCUT2D eigenvalue weighted by atomic mass is 10.1. The van der Waals surface area contributed by atoms with E-state index in [9.17, 15) is 4.79 Å². The first-order valence-electron chi connectivity index (χ1n) is 5.68. The largest absolute Gasteiger partial charge is 0.335 e. The average Bonchev–Trinajstić information content (AvgIpc) is 2.23. The van der Waals surface area contributed by atoms with Gasteiger partial charge in [-0.3, -0.25) is 0 Å². The van der Waals surface area contributed by atoms with Gasteiger partial charge in [0.05, 0.1) is 0 Å². The number of aryl methyl sites for hydroxylation is 2.